The normalized spacial score (nSPS) is 24.8. The van der Waals surface area contributed by atoms with Gasteiger partial charge in [0.05, 0.1) is 0 Å². The minimum Gasteiger partial charge on any atom is -0.492 e. The van der Waals surface area contributed by atoms with Crippen molar-refractivity contribution in [3.63, 3.8) is 0 Å². The molecule has 2 atom stereocenters. The van der Waals surface area contributed by atoms with Gasteiger partial charge in [-0.2, -0.15) is 0 Å². The van der Waals surface area contributed by atoms with Crippen LogP contribution in [0.2, 0.25) is 0 Å². The fraction of sp³-hybridized carbons (Fsp3) is 0.696. The quantitative estimate of drug-likeness (QED) is 0.720. The van der Waals surface area contributed by atoms with Crippen molar-refractivity contribution < 1.29 is 14.3 Å². The molecule has 1 aromatic carbocycles. The topological polar surface area (TPSA) is 50.8 Å². The third-order valence-corrected chi connectivity index (χ3v) is 5.98. The van der Waals surface area contributed by atoms with Gasteiger partial charge in [0.2, 0.25) is 0 Å². The van der Waals surface area contributed by atoms with E-state index in [4.69, 9.17) is 9.47 Å². The molecule has 1 saturated heterocycles. The van der Waals surface area contributed by atoms with E-state index >= 15 is 0 Å². The van der Waals surface area contributed by atoms with E-state index in [1.54, 1.807) is 0 Å². The lowest BCUT2D eigenvalue weighted by molar-refractivity contribution is -0.140. The molecule has 1 amide bonds. The van der Waals surface area contributed by atoms with E-state index in [2.05, 4.69) is 24.1 Å². The van der Waals surface area contributed by atoms with Crippen molar-refractivity contribution in [2.75, 3.05) is 38.2 Å². The number of carbonyl (C=O) groups excluding carboxylic acids is 1. The molecule has 156 valence electrons. The summed E-state index contributed by atoms with van der Waals surface area (Å²) in [7, 11) is 0. The Morgan fingerprint density at radius 3 is 2.39 bits per heavy atom. The summed E-state index contributed by atoms with van der Waals surface area (Å²) in [6.45, 7) is 11.2. The van der Waals surface area contributed by atoms with Crippen molar-refractivity contribution in [2.45, 2.75) is 58.5 Å². The van der Waals surface area contributed by atoms with Crippen molar-refractivity contribution in [2.24, 2.45) is 11.8 Å². The number of carbonyl (C=O) groups is 1. The Balaban J connectivity index is 1.46. The van der Waals surface area contributed by atoms with Crippen molar-refractivity contribution in [1.29, 1.82) is 0 Å². The highest BCUT2D eigenvalue weighted by Gasteiger charge is 2.41. The van der Waals surface area contributed by atoms with Gasteiger partial charge in [-0.15, -0.1) is 0 Å². The largest absolute Gasteiger partial charge is 0.492 e. The monoisotopic (exact) mass is 388 g/mol. The Labute approximate surface area is 169 Å². The highest BCUT2D eigenvalue weighted by molar-refractivity contribution is 5.97. The summed E-state index contributed by atoms with van der Waals surface area (Å²) in [5.74, 6) is 2.36. The smallest absolute Gasteiger partial charge is 0.256 e. The summed E-state index contributed by atoms with van der Waals surface area (Å²) in [6, 6.07) is 7.68. The molecule has 1 N–H and O–H groups in total. The maximum Gasteiger partial charge on any atom is 0.256 e. The van der Waals surface area contributed by atoms with E-state index in [0.717, 1.165) is 55.5 Å². The summed E-state index contributed by atoms with van der Waals surface area (Å²) in [5, 5.41) is 3.03. The highest BCUT2D eigenvalue weighted by atomic mass is 16.5. The van der Waals surface area contributed by atoms with Crippen LogP contribution in [0, 0.1) is 11.8 Å². The fourth-order valence-electron chi connectivity index (χ4n) is 4.81. The molecule has 0 bridgehead atoms. The maximum atomic E-state index is 12.7. The zero-order chi connectivity index (χ0) is 20.0. The molecular weight excluding hydrogens is 352 g/mol. The van der Waals surface area contributed by atoms with E-state index in [1.165, 1.54) is 19.5 Å². The Hall–Kier alpha value is -1.59. The van der Waals surface area contributed by atoms with Gasteiger partial charge in [0, 0.05) is 31.9 Å². The van der Waals surface area contributed by atoms with Crippen LogP contribution in [0.1, 0.15) is 52.9 Å². The third-order valence-electron chi connectivity index (χ3n) is 5.98. The van der Waals surface area contributed by atoms with Gasteiger partial charge in [-0.3, -0.25) is 9.69 Å². The van der Waals surface area contributed by atoms with E-state index in [9.17, 15) is 4.79 Å². The minimum atomic E-state index is -0.646. The van der Waals surface area contributed by atoms with Crippen LogP contribution in [-0.4, -0.2) is 49.3 Å². The Morgan fingerprint density at radius 1 is 1.14 bits per heavy atom. The fourth-order valence-corrected chi connectivity index (χ4v) is 4.81. The van der Waals surface area contributed by atoms with E-state index in [-0.39, 0.29) is 5.91 Å². The lowest BCUT2D eigenvalue weighted by Gasteiger charge is -2.34. The van der Waals surface area contributed by atoms with Crippen LogP contribution in [0.15, 0.2) is 24.3 Å². The van der Waals surface area contributed by atoms with Gasteiger partial charge in [-0.1, -0.05) is 13.8 Å². The van der Waals surface area contributed by atoms with Crippen LogP contribution in [0.25, 0.3) is 0 Å². The van der Waals surface area contributed by atoms with Gasteiger partial charge >= 0.3 is 0 Å². The second-order valence-corrected chi connectivity index (χ2v) is 8.67. The molecule has 2 aliphatic rings. The van der Waals surface area contributed by atoms with Crippen molar-refractivity contribution in [3.8, 4) is 5.75 Å². The number of nitrogens with one attached hydrogen (secondary N) is 1. The SMILES string of the molecule is CCOC1(C(=O)Nc2ccc(OCCN3C[C@H](C)C[C@H](C)C3)cc2)CCCC1. The first kappa shape index (κ1) is 21.1. The van der Waals surface area contributed by atoms with E-state index in [0.29, 0.717) is 13.2 Å². The number of hydrogen-bond acceptors (Lipinski definition) is 4. The number of anilines is 1. The summed E-state index contributed by atoms with van der Waals surface area (Å²) in [6.07, 6.45) is 5.04. The number of benzene rings is 1. The molecule has 1 saturated carbocycles. The van der Waals surface area contributed by atoms with Crippen molar-refractivity contribution in [3.05, 3.63) is 24.3 Å². The lowest BCUT2D eigenvalue weighted by atomic mass is 9.92. The van der Waals surface area contributed by atoms with Crippen LogP contribution in [-0.2, 0) is 9.53 Å². The summed E-state index contributed by atoms with van der Waals surface area (Å²) < 4.78 is 11.8. The summed E-state index contributed by atoms with van der Waals surface area (Å²) >= 11 is 0. The molecule has 5 nitrogen and oxygen atoms in total. The molecule has 1 heterocycles. The minimum absolute atomic E-state index is 0.0196. The number of ether oxygens (including phenoxy) is 2. The number of likely N-dealkylation sites (tertiary alicyclic amines) is 1. The second kappa shape index (κ2) is 9.75. The Bertz CT molecular complexity index is 615. The number of rotatable bonds is 8. The molecule has 0 aromatic heterocycles. The molecule has 1 aromatic rings. The standard InChI is InChI=1S/C23H36N2O3/c1-4-28-23(11-5-6-12-23)22(26)24-20-7-9-21(10-8-20)27-14-13-25-16-18(2)15-19(3)17-25/h7-10,18-19H,4-6,11-17H2,1-3H3,(H,24,26)/t18-,19+. The van der Waals surface area contributed by atoms with Crippen LogP contribution >= 0.6 is 0 Å². The molecule has 3 rings (SSSR count). The number of amides is 1. The van der Waals surface area contributed by atoms with Gasteiger partial charge in [0.1, 0.15) is 18.0 Å². The molecule has 0 radical (unpaired) electrons. The molecular formula is C23H36N2O3. The van der Waals surface area contributed by atoms with Gasteiger partial charge in [0.25, 0.3) is 5.91 Å². The summed E-state index contributed by atoms with van der Waals surface area (Å²) in [4.78, 5) is 15.2. The molecule has 1 aliphatic heterocycles. The lowest BCUT2D eigenvalue weighted by Crippen LogP contribution is -2.43. The average molecular weight is 389 g/mol. The molecule has 2 fully saturated rings. The number of piperidine rings is 1. The second-order valence-electron chi connectivity index (χ2n) is 8.67. The Kier molecular flexibility index (Phi) is 7.36. The number of nitrogens with zero attached hydrogens (tertiary/aromatic N) is 1. The van der Waals surface area contributed by atoms with Gasteiger partial charge in [0.15, 0.2) is 0 Å². The van der Waals surface area contributed by atoms with Crippen LogP contribution in [0.5, 0.6) is 5.75 Å². The predicted octanol–water partition coefficient (Wildman–Crippen LogP) is 4.33. The predicted molar refractivity (Wildman–Crippen MR) is 113 cm³/mol. The molecule has 0 spiro atoms. The average Bonchev–Trinajstić information content (AvgIpc) is 3.13. The zero-order valence-electron chi connectivity index (χ0n) is 17.7. The van der Waals surface area contributed by atoms with Crippen molar-refractivity contribution in [1.82, 2.24) is 4.90 Å². The van der Waals surface area contributed by atoms with Crippen molar-refractivity contribution >= 4 is 11.6 Å². The van der Waals surface area contributed by atoms with Gasteiger partial charge in [-0.25, -0.2) is 0 Å². The molecule has 5 heteroatoms. The summed E-state index contributed by atoms with van der Waals surface area (Å²) in [5.41, 5.74) is 0.147. The first-order chi connectivity index (χ1) is 13.5. The first-order valence-electron chi connectivity index (χ1n) is 10.9. The van der Waals surface area contributed by atoms with Crippen LogP contribution in [0.3, 0.4) is 0 Å². The highest BCUT2D eigenvalue weighted by Crippen LogP contribution is 2.34. The Morgan fingerprint density at radius 2 is 1.79 bits per heavy atom. The van der Waals surface area contributed by atoms with Gasteiger partial charge < -0.3 is 14.8 Å². The zero-order valence-corrected chi connectivity index (χ0v) is 17.7. The van der Waals surface area contributed by atoms with E-state index < -0.39 is 5.60 Å². The maximum absolute atomic E-state index is 12.7. The molecule has 0 unspecified atom stereocenters. The molecule has 28 heavy (non-hydrogen) atoms. The molecule has 1 aliphatic carbocycles. The first-order valence-corrected chi connectivity index (χ1v) is 10.9. The van der Waals surface area contributed by atoms with Crippen LogP contribution in [0.4, 0.5) is 5.69 Å². The van der Waals surface area contributed by atoms with E-state index in [1.807, 2.05) is 31.2 Å². The number of hydrogen-bond donors (Lipinski definition) is 1. The van der Waals surface area contributed by atoms with Gasteiger partial charge in [-0.05, 0) is 75.1 Å². The third kappa shape index (κ3) is 5.48. The van der Waals surface area contributed by atoms with Crippen LogP contribution < -0.4 is 10.1 Å².